The number of ether oxygens (including phenoxy) is 1. The number of amides is 2. The van der Waals surface area contributed by atoms with Crippen LogP contribution in [0, 0.1) is 0 Å². The molecule has 0 spiro atoms. The van der Waals surface area contributed by atoms with Crippen LogP contribution in [0.5, 0.6) is 5.75 Å². The number of aryl methyl sites for hydroxylation is 1. The molecule has 25 heavy (non-hydrogen) atoms. The molecule has 0 aliphatic rings. The number of rotatable bonds is 7. The Kier molecular flexibility index (Phi) is 6.57. The van der Waals surface area contributed by atoms with Crippen molar-refractivity contribution in [3.8, 4) is 5.75 Å². The minimum atomic E-state index is -0.148. The van der Waals surface area contributed by atoms with Crippen molar-refractivity contribution in [1.29, 1.82) is 0 Å². The van der Waals surface area contributed by atoms with E-state index < -0.39 is 0 Å². The molecule has 0 heterocycles. The summed E-state index contributed by atoms with van der Waals surface area (Å²) in [6.07, 6.45) is 1.16. The number of carbonyl (C=O) groups excluding carboxylic acids is 2. The van der Waals surface area contributed by atoms with Gasteiger partial charge in [-0.15, -0.1) is 0 Å². The van der Waals surface area contributed by atoms with Gasteiger partial charge in [0.1, 0.15) is 5.75 Å². The van der Waals surface area contributed by atoms with Gasteiger partial charge in [-0.05, 0) is 36.2 Å². The molecule has 1 N–H and O–H groups in total. The smallest absolute Gasteiger partial charge is 0.226 e. The van der Waals surface area contributed by atoms with E-state index in [0.29, 0.717) is 18.0 Å². The van der Waals surface area contributed by atoms with Crippen LogP contribution >= 0.6 is 0 Å². The second-order valence-corrected chi connectivity index (χ2v) is 5.72. The molecule has 5 nitrogen and oxygen atoms in total. The summed E-state index contributed by atoms with van der Waals surface area (Å²) in [5, 5.41) is 2.82. The lowest BCUT2D eigenvalue weighted by atomic mass is 10.1. The average molecular weight is 340 g/mol. The normalized spacial score (nSPS) is 10.2. The predicted molar refractivity (Wildman–Crippen MR) is 100 cm³/mol. The van der Waals surface area contributed by atoms with E-state index in [2.05, 4.69) is 12.2 Å². The van der Waals surface area contributed by atoms with Gasteiger partial charge < -0.3 is 15.0 Å². The maximum Gasteiger partial charge on any atom is 0.226 e. The Morgan fingerprint density at radius 3 is 2.44 bits per heavy atom. The fourth-order valence-electron chi connectivity index (χ4n) is 2.52. The van der Waals surface area contributed by atoms with E-state index in [1.807, 2.05) is 36.4 Å². The maximum absolute atomic E-state index is 12.2. The zero-order chi connectivity index (χ0) is 18.2. The van der Waals surface area contributed by atoms with Crippen LogP contribution in [0.3, 0.4) is 0 Å². The summed E-state index contributed by atoms with van der Waals surface area (Å²) < 4.78 is 5.14. The zero-order valence-corrected chi connectivity index (χ0v) is 14.9. The van der Waals surface area contributed by atoms with Gasteiger partial charge in [0.15, 0.2) is 0 Å². The minimum absolute atomic E-state index is 0.0848. The number of methoxy groups -OCH3 is 1. The lowest BCUT2D eigenvalue weighted by Crippen LogP contribution is -2.31. The molecule has 0 saturated carbocycles. The third-order valence-electron chi connectivity index (χ3n) is 3.95. The Bertz CT molecular complexity index is 726. The van der Waals surface area contributed by atoms with Crippen molar-refractivity contribution in [2.24, 2.45) is 0 Å². The Morgan fingerprint density at radius 2 is 1.84 bits per heavy atom. The fraction of sp³-hybridized carbons (Fsp3) is 0.300. The molecular formula is C20H24N2O3. The first-order valence-corrected chi connectivity index (χ1v) is 8.34. The van der Waals surface area contributed by atoms with E-state index in [1.165, 1.54) is 12.5 Å². The highest BCUT2D eigenvalue weighted by Crippen LogP contribution is 2.18. The van der Waals surface area contributed by atoms with Gasteiger partial charge >= 0.3 is 0 Å². The third-order valence-corrected chi connectivity index (χ3v) is 3.95. The third kappa shape index (κ3) is 5.35. The summed E-state index contributed by atoms with van der Waals surface area (Å²) in [6.45, 7) is 3.92. The molecule has 0 atom stereocenters. The highest BCUT2D eigenvalue weighted by Gasteiger charge is 2.13. The molecule has 5 heteroatoms. The lowest BCUT2D eigenvalue weighted by Gasteiger charge is -2.21. The SMILES string of the molecule is CCc1ccc(N(CCC(=O)Nc2cccc(OC)c2)C(C)=O)cc1. The van der Waals surface area contributed by atoms with Crippen LogP contribution in [0.15, 0.2) is 48.5 Å². The quantitative estimate of drug-likeness (QED) is 0.837. The topological polar surface area (TPSA) is 58.6 Å². The number of nitrogens with zero attached hydrogens (tertiary/aromatic N) is 1. The summed E-state index contributed by atoms with van der Waals surface area (Å²) in [7, 11) is 1.58. The van der Waals surface area contributed by atoms with Gasteiger partial charge in [-0.25, -0.2) is 0 Å². The van der Waals surface area contributed by atoms with E-state index in [1.54, 1.807) is 24.1 Å². The van der Waals surface area contributed by atoms with E-state index in [4.69, 9.17) is 4.74 Å². The Hall–Kier alpha value is -2.82. The van der Waals surface area contributed by atoms with Crippen LogP contribution in [0.2, 0.25) is 0 Å². The largest absolute Gasteiger partial charge is 0.497 e. The molecule has 2 amide bonds. The molecule has 0 saturated heterocycles. The molecular weight excluding hydrogens is 316 g/mol. The van der Waals surface area contributed by atoms with Crippen LogP contribution in [0.25, 0.3) is 0 Å². The Balaban J connectivity index is 1.97. The van der Waals surface area contributed by atoms with Gasteiger partial charge in [0.2, 0.25) is 11.8 Å². The van der Waals surface area contributed by atoms with Crippen molar-refractivity contribution in [1.82, 2.24) is 0 Å². The first kappa shape index (κ1) is 18.5. The van der Waals surface area contributed by atoms with Crippen LogP contribution in [0.1, 0.15) is 25.8 Å². The van der Waals surface area contributed by atoms with Gasteiger partial charge in [-0.2, -0.15) is 0 Å². The summed E-state index contributed by atoms with van der Waals surface area (Å²) in [6, 6.07) is 15.0. The van der Waals surface area contributed by atoms with Crippen LogP contribution in [-0.4, -0.2) is 25.5 Å². The molecule has 0 aliphatic heterocycles. The Morgan fingerprint density at radius 1 is 1.12 bits per heavy atom. The number of nitrogens with one attached hydrogen (secondary N) is 1. The zero-order valence-electron chi connectivity index (χ0n) is 14.9. The van der Waals surface area contributed by atoms with Crippen LogP contribution < -0.4 is 15.0 Å². The standard InChI is InChI=1S/C20H24N2O3/c1-4-16-8-10-18(11-9-16)22(15(2)23)13-12-20(24)21-17-6-5-7-19(14-17)25-3/h5-11,14H,4,12-13H2,1-3H3,(H,21,24). The molecule has 0 bridgehead atoms. The summed E-state index contributed by atoms with van der Waals surface area (Å²) >= 11 is 0. The van der Waals surface area contributed by atoms with Gasteiger partial charge in [0.05, 0.1) is 7.11 Å². The number of carbonyl (C=O) groups is 2. The Labute approximate surface area is 148 Å². The highest BCUT2D eigenvalue weighted by molar-refractivity contribution is 5.94. The molecule has 2 rings (SSSR count). The van der Waals surface area contributed by atoms with Gasteiger partial charge in [0, 0.05) is 37.3 Å². The summed E-state index contributed by atoms with van der Waals surface area (Å²) in [5.41, 5.74) is 2.69. The first-order chi connectivity index (χ1) is 12.0. The number of hydrogen-bond acceptors (Lipinski definition) is 3. The van der Waals surface area contributed by atoms with Crippen molar-refractivity contribution in [3.05, 3.63) is 54.1 Å². The summed E-state index contributed by atoms with van der Waals surface area (Å²) in [4.78, 5) is 25.7. The molecule has 2 aromatic carbocycles. The van der Waals surface area contributed by atoms with Crippen molar-refractivity contribution >= 4 is 23.2 Å². The van der Waals surface area contributed by atoms with Crippen LogP contribution in [-0.2, 0) is 16.0 Å². The average Bonchev–Trinajstić information content (AvgIpc) is 2.62. The first-order valence-electron chi connectivity index (χ1n) is 8.34. The number of hydrogen-bond donors (Lipinski definition) is 1. The van der Waals surface area contributed by atoms with Crippen molar-refractivity contribution < 1.29 is 14.3 Å². The van der Waals surface area contributed by atoms with Crippen molar-refractivity contribution in [2.75, 3.05) is 23.9 Å². The second-order valence-electron chi connectivity index (χ2n) is 5.72. The van der Waals surface area contributed by atoms with E-state index in [9.17, 15) is 9.59 Å². The fourth-order valence-corrected chi connectivity index (χ4v) is 2.52. The van der Waals surface area contributed by atoms with E-state index >= 15 is 0 Å². The maximum atomic E-state index is 12.2. The van der Waals surface area contributed by atoms with E-state index in [0.717, 1.165) is 12.1 Å². The van der Waals surface area contributed by atoms with Crippen molar-refractivity contribution in [3.63, 3.8) is 0 Å². The van der Waals surface area contributed by atoms with E-state index in [-0.39, 0.29) is 18.2 Å². The molecule has 0 radical (unpaired) electrons. The summed E-state index contributed by atoms with van der Waals surface area (Å²) in [5.74, 6) is 0.447. The molecule has 0 fully saturated rings. The monoisotopic (exact) mass is 340 g/mol. The molecule has 132 valence electrons. The predicted octanol–water partition coefficient (Wildman–Crippen LogP) is 3.64. The number of benzene rings is 2. The van der Waals surface area contributed by atoms with Crippen molar-refractivity contribution in [2.45, 2.75) is 26.7 Å². The van der Waals surface area contributed by atoms with Crippen LogP contribution in [0.4, 0.5) is 11.4 Å². The van der Waals surface area contributed by atoms with Gasteiger partial charge in [-0.3, -0.25) is 9.59 Å². The highest BCUT2D eigenvalue weighted by atomic mass is 16.5. The minimum Gasteiger partial charge on any atom is -0.497 e. The molecule has 0 aliphatic carbocycles. The van der Waals surface area contributed by atoms with Gasteiger partial charge in [0.25, 0.3) is 0 Å². The lowest BCUT2D eigenvalue weighted by molar-refractivity contribution is -0.117. The van der Waals surface area contributed by atoms with Gasteiger partial charge in [-0.1, -0.05) is 25.1 Å². The number of anilines is 2. The molecule has 0 unspecified atom stereocenters. The molecule has 0 aromatic heterocycles. The molecule has 2 aromatic rings. The second kappa shape index (κ2) is 8.87.